The molecule has 3 N–H and O–H groups in total. The number of ether oxygens (including phenoxy) is 1. The maximum Gasteiger partial charge on any atom is 0.337 e. The van der Waals surface area contributed by atoms with E-state index in [2.05, 4.69) is 15.0 Å². The lowest BCUT2D eigenvalue weighted by Crippen LogP contribution is -2.29. The first kappa shape index (κ1) is 15.5. The molecule has 0 bridgehead atoms. The molecular formula is C13H10ClN3O5. The number of hydrogen-bond acceptors (Lipinski definition) is 5. The second kappa shape index (κ2) is 6.27. The van der Waals surface area contributed by atoms with Gasteiger partial charge in [0.25, 0.3) is 11.5 Å². The van der Waals surface area contributed by atoms with Gasteiger partial charge in [-0.3, -0.25) is 14.6 Å². The van der Waals surface area contributed by atoms with Crippen LogP contribution >= 0.6 is 11.6 Å². The van der Waals surface area contributed by atoms with Crippen LogP contribution in [0.15, 0.2) is 34.0 Å². The highest BCUT2D eigenvalue weighted by atomic mass is 35.5. The van der Waals surface area contributed by atoms with Crippen LogP contribution in [-0.4, -0.2) is 29.0 Å². The molecule has 8 nitrogen and oxygen atoms in total. The molecule has 0 aliphatic rings. The molecule has 0 saturated carbocycles. The van der Waals surface area contributed by atoms with Gasteiger partial charge in [-0.15, -0.1) is 0 Å². The first-order valence-corrected chi connectivity index (χ1v) is 6.31. The van der Waals surface area contributed by atoms with Crippen LogP contribution in [0, 0.1) is 0 Å². The highest BCUT2D eigenvalue weighted by Crippen LogP contribution is 2.23. The molecule has 0 saturated heterocycles. The lowest BCUT2D eigenvalue weighted by atomic mass is 10.2. The van der Waals surface area contributed by atoms with E-state index in [0.717, 1.165) is 6.20 Å². The predicted octanol–water partition coefficient (Wildman–Crippen LogP) is 0.755. The van der Waals surface area contributed by atoms with Crippen LogP contribution in [0.2, 0.25) is 5.02 Å². The first-order valence-electron chi connectivity index (χ1n) is 5.93. The molecule has 0 radical (unpaired) electrons. The summed E-state index contributed by atoms with van der Waals surface area (Å²) >= 11 is 5.93. The fourth-order valence-electron chi connectivity index (χ4n) is 1.63. The Labute approximate surface area is 128 Å². The predicted molar refractivity (Wildman–Crippen MR) is 78.4 cm³/mol. The van der Waals surface area contributed by atoms with E-state index >= 15 is 0 Å². The Morgan fingerprint density at radius 2 is 2.00 bits per heavy atom. The maximum atomic E-state index is 12.0. The Balaban J connectivity index is 2.33. The number of amides is 1. The van der Waals surface area contributed by atoms with E-state index < -0.39 is 23.1 Å². The summed E-state index contributed by atoms with van der Waals surface area (Å²) in [6, 6.07) is 4.14. The van der Waals surface area contributed by atoms with Crippen molar-refractivity contribution in [1.29, 1.82) is 0 Å². The maximum absolute atomic E-state index is 12.0. The third-order valence-electron chi connectivity index (χ3n) is 2.70. The minimum atomic E-state index is -0.846. The summed E-state index contributed by atoms with van der Waals surface area (Å²) in [5, 5.41) is 2.55. The van der Waals surface area contributed by atoms with Gasteiger partial charge in [0.1, 0.15) is 5.56 Å². The quantitative estimate of drug-likeness (QED) is 0.720. The topological polar surface area (TPSA) is 121 Å². The number of hydrogen-bond donors (Lipinski definition) is 3. The molecule has 22 heavy (non-hydrogen) atoms. The van der Waals surface area contributed by atoms with Crippen LogP contribution in [0.4, 0.5) is 5.69 Å². The van der Waals surface area contributed by atoms with Gasteiger partial charge in [-0.05, 0) is 18.2 Å². The van der Waals surface area contributed by atoms with Crippen LogP contribution in [-0.2, 0) is 4.74 Å². The molecule has 1 amide bonds. The van der Waals surface area contributed by atoms with Crippen LogP contribution < -0.4 is 16.6 Å². The average molecular weight is 324 g/mol. The molecule has 0 fully saturated rings. The van der Waals surface area contributed by atoms with E-state index in [9.17, 15) is 19.2 Å². The summed E-state index contributed by atoms with van der Waals surface area (Å²) in [6.07, 6.45) is 0.981. The van der Waals surface area contributed by atoms with Gasteiger partial charge in [0.2, 0.25) is 0 Å². The summed E-state index contributed by atoms with van der Waals surface area (Å²) < 4.78 is 4.56. The van der Waals surface area contributed by atoms with Crippen LogP contribution in [0.3, 0.4) is 0 Å². The van der Waals surface area contributed by atoms with E-state index in [0.29, 0.717) is 0 Å². The van der Waals surface area contributed by atoms with Crippen LogP contribution in [0.1, 0.15) is 20.7 Å². The lowest BCUT2D eigenvalue weighted by molar-refractivity contribution is 0.0600. The number of benzene rings is 1. The summed E-state index contributed by atoms with van der Waals surface area (Å²) in [5.41, 5.74) is -1.58. The van der Waals surface area contributed by atoms with E-state index in [1.807, 2.05) is 4.98 Å². The molecule has 1 aromatic carbocycles. The van der Waals surface area contributed by atoms with Crippen molar-refractivity contribution in [3.05, 3.63) is 61.4 Å². The van der Waals surface area contributed by atoms with Crippen LogP contribution in [0.25, 0.3) is 0 Å². The fourth-order valence-corrected chi connectivity index (χ4v) is 1.80. The Bertz CT molecular complexity index is 855. The first-order chi connectivity index (χ1) is 10.4. The van der Waals surface area contributed by atoms with Crippen LogP contribution in [0.5, 0.6) is 0 Å². The molecule has 114 valence electrons. The van der Waals surface area contributed by atoms with Gasteiger partial charge in [0.15, 0.2) is 0 Å². The summed E-state index contributed by atoms with van der Waals surface area (Å²) in [7, 11) is 1.22. The van der Waals surface area contributed by atoms with Gasteiger partial charge in [-0.1, -0.05) is 11.6 Å². The minimum absolute atomic E-state index is 0.125. The highest BCUT2D eigenvalue weighted by molar-refractivity contribution is 6.34. The molecule has 0 aliphatic heterocycles. The van der Waals surface area contributed by atoms with Crippen molar-refractivity contribution in [2.24, 2.45) is 0 Å². The standard InChI is InChI=1S/C13H10ClN3O5/c1-22-12(20)6-2-3-8(14)9(4-6)16-10(18)7-5-15-13(21)17-11(7)19/h2-5H,1H3,(H,16,18)(H2,15,17,19,21). The van der Waals surface area contributed by atoms with E-state index in [4.69, 9.17) is 11.6 Å². The molecule has 0 atom stereocenters. The Kier molecular flexibility index (Phi) is 4.42. The largest absolute Gasteiger partial charge is 0.465 e. The third-order valence-corrected chi connectivity index (χ3v) is 3.03. The Hall–Kier alpha value is -2.87. The molecule has 0 aliphatic carbocycles. The molecule has 1 aromatic heterocycles. The summed E-state index contributed by atoms with van der Waals surface area (Å²) in [4.78, 5) is 50.0. The summed E-state index contributed by atoms with van der Waals surface area (Å²) in [5.74, 6) is -1.39. The fraction of sp³-hybridized carbons (Fsp3) is 0.0769. The number of halogens is 1. The number of carbonyl (C=O) groups is 2. The molecule has 2 rings (SSSR count). The van der Waals surface area contributed by atoms with Gasteiger partial charge in [-0.2, -0.15) is 0 Å². The third kappa shape index (κ3) is 3.23. The zero-order valence-corrected chi connectivity index (χ0v) is 12.0. The minimum Gasteiger partial charge on any atom is -0.465 e. The lowest BCUT2D eigenvalue weighted by Gasteiger charge is -2.08. The van der Waals surface area contributed by atoms with E-state index in [1.54, 1.807) is 0 Å². The number of methoxy groups -OCH3 is 1. The number of anilines is 1. The number of nitrogens with one attached hydrogen (secondary N) is 3. The number of H-pyrrole nitrogens is 2. The second-order valence-corrected chi connectivity index (χ2v) is 4.53. The SMILES string of the molecule is COC(=O)c1ccc(Cl)c(NC(=O)c2c[nH]c(=O)[nH]c2=O)c1. The average Bonchev–Trinajstić information content (AvgIpc) is 2.48. The normalized spacial score (nSPS) is 10.1. The van der Waals surface area contributed by atoms with Gasteiger partial charge in [-0.25, -0.2) is 9.59 Å². The van der Waals surface area contributed by atoms with Gasteiger partial charge in [0.05, 0.1) is 23.4 Å². The number of aromatic amines is 2. The van der Waals surface area contributed by atoms with Crippen molar-refractivity contribution in [2.75, 3.05) is 12.4 Å². The number of aromatic nitrogens is 2. The smallest absolute Gasteiger partial charge is 0.337 e. The van der Waals surface area contributed by atoms with E-state index in [1.165, 1.54) is 25.3 Å². The van der Waals surface area contributed by atoms with Crippen molar-refractivity contribution in [2.45, 2.75) is 0 Å². The monoisotopic (exact) mass is 323 g/mol. The van der Waals surface area contributed by atoms with Gasteiger partial charge >= 0.3 is 11.7 Å². The molecule has 9 heteroatoms. The van der Waals surface area contributed by atoms with Crippen molar-refractivity contribution in [3.63, 3.8) is 0 Å². The van der Waals surface area contributed by atoms with Crippen molar-refractivity contribution in [1.82, 2.24) is 9.97 Å². The Morgan fingerprint density at radius 1 is 1.27 bits per heavy atom. The van der Waals surface area contributed by atoms with Gasteiger partial charge < -0.3 is 15.0 Å². The molecular weight excluding hydrogens is 314 g/mol. The zero-order chi connectivity index (χ0) is 16.3. The highest BCUT2D eigenvalue weighted by Gasteiger charge is 2.15. The Morgan fingerprint density at radius 3 is 2.64 bits per heavy atom. The van der Waals surface area contributed by atoms with Crippen molar-refractivity contribution < 1.29 is 14.3 Å². The second-order valence-electron chi connectivity index (χ2n) is 4.13. The number of esters is 1. The number of carbonyl (C=O) groups excluding carboxylic acids is 2. The molecule has 1 heterocycles. The molecule has 2 aromatic rings. The van der Waals surface area contributed by atoms with Crippen molar-refractivity contribution >= 4 is 29.2 Å². The van der Waals surface area contributed by atoms with E-state index in [-0.39, 0.29) is 21.8 Å². The number of rotatable bonds is 3. The van der Waals surface area contributed by atoms with Crippen molar-refractivity contribution in [3.8, 4) is 0 Å². The summed E-state index contributed by atoms with van der Waals surface area (Å²) in [6.45, 7) is 0. The molecule has 0 unspecified atom stereocenters. The zero-order valence-electron chi connectivity index (χ0n) is 11.2. The molecule has 0 spiro atoms. The van der Waals surface area contributed by atoms with Gasteiger partial charge in [0, 0.05) is 6.20 Å².